The van der Waals surface area contributed by atoms with Crippen LogP contribution in [0.3, 0.4) is 0 Å². The van der Waals surface area contributed by atoms with E-state index in [9.17, 15) is 17.2 Å². The van der Waals surface area contributed by atoms with Crippen molar-refractivity contribution in [3.05, 3.63) is 0 Å². The van der Waals surface area contributed by atoms with Gasteiger partial charge in [-0.25, -0.2) is 17.2 Å². The summed E-state index contributed by atoms with van der Waals surface area (Å²) in [6.07, 6.45) is 2.44. The fourth-order valence-electron chi connectivity index (χ4n) is 2.16. The molecule has 1 N–H and O–H groups in total. The van der Waals surface area contributed by atoms with E-state index in [1.54, 1.807) is 13.8 Å². The van der Waals surface area contributed by atoms with Crippen molar-refractivity contribution >= 4 is 9.84 Å². The summed E-state index contributed by atoms with van der Waals surface area (Å²) < 4.78 is 48.5. The largest absolute Gasteiger partial charge is 0.315 e. The van der Waals surface area contributed by atoms with Crippen LogP contribution in [-0.2, 0) is 9.84 Å². The van der Waals surface area contributed by atoms with E-state index in [0.717, 1.165) is 6.42 Å². The molecule has 0 radical (unpaired) electrons. The van der Waals surface area contributed by atoms with Gasteiger partial charge in [-0.1, -0.05) is 0 Å². The number of alkyl halides is 2. The third-order valence-corrected chi connectivity index (χ3v) is 5.88. The molecule has 1 aliphatic carbocycles. The van der Waals surface area contributed by atoms with Gasteiger partial charge in [-0.15, -0.1) is 0 Å². The maximum atomic E-state index is 13.2. The fourth-order valence-corrected chi connectivity index (χ4v) is 2.52. The van der Waals surface area contributed by atoms with Gasteiger partial charge in [0.1, 0.15) is 0 Å². The molecule has 0 saturated heterocycles. The van der Waals surface area contributed by atoms with Gasteiger partial charge in [-0.3, -0.25) is 0 Å². The van der Waals surface area contributed by atoms with Gasteiger partial charge in [-0.2, -0.15) is 0 Å². The van der Waals surface area contributed by atoms with Crippen molar-refractivity contribution in [3.63, 3.8) is 0 Å². The number of halogens is 2. The van der Waals surface area contributed by atoms with Crippen LogP contribution in [0.4, 0.5) is 8.78 Å². The molecular formula is C12H23F2NO2S. The Balaban J connectivity index is 2.39. The van der Waals surface area contributed by atoms with Crippen molar-refractivity contribution in [3.8, 4) is 0 Å². The molecule has 18 heavy (non-hydrogen) atoms. The average Bonchev–Trinajstić information content (AvgIpc) is 2.13. The molecule has 0 aromatic heterocycles. The Morgan fingerprint density at radius 1 is 1.39 bits per heavy atom. The van der Waals surface area contributed by atoms with Gasteiger partial charge >= 0.3 is 0 Å². The Labute approximate surface area is 108 Å². The van der Waals surface area contributed by atoms with Gasteiger partial charge in [0.25, 0.3) is 0 Å². The molecule has 1 fully saturated rings. The highest BCUT2D eigenvalue weighted by Gasteiger charge is 2.36. The van der Waals surface area contributed by atoms with Crippen molar-refractivity contribution < 1.29 is 17.2 Å². The third kappa shape index (κ3) is 4.46. The zero-order chi connectivity index (χ0) is 14.0. The first-order valence-corrected chi connectivity index (χ1v) is 8.21. The fraction of sp³-hybridized carbons (Fsp3) is 1.00. The molecular weight excluding hydrogens is 260 g/mol. The molecule has 108 valence electrons. The van der Waals surface area contributed by atoms with Crippen molar-refractivity contribution in [2.75, 3.05) is 19.3 Å². The SMILES string of the molecule is CC(C)(CNCC1CCCC(F)(F)C1)S(C)(=O)=O. The number of hydrogen-bond acceptors (Lipinski definition) is 3. The summed E-state index contributed by atoms with van der Waals surface area (Å²) in [6, 6.07) is 0. The standard InChI is InChI=1S/C12H23F2NO2S/c1-11(2,18(3,16)17)9-15-8-10-5-4-6-12(13,14)7-10/h10,15H,4-9H2,1-3H3. The summed E-state index contributed by atoms with van der Waals surface area (Å²) in [4.78, 5) is 0. The van der Waals surface area contributed by atoms with Gasteiger partial charge in [0.05, 0.1) is 4.75 Å². The normalized spacial score (nSPS) is 25.1. The molecule has 0 heterocycles. The first kappa shape index (κ1) is 15.8. The smallest absolute Gasteiger partial charge is 0.248 e. The molecule has 1 unspecified atom stereocenters. The molecule has 0 aromatic rings. The first-order chi connectivity index (χ1) is 8.04. The molecule has 0 bridgehead atoms. The minimum absolute atomic E-state index is 0.0155. The maximum absolute atomic E-state index is 13.2. The van der Waals surface area contributed by atoms with Crippen LogP contribution in [0.5, 0.6) is 0 Å². The van der Waals surface area contributed by atoms with Gasteiger partial charge in [0, 0.05) is 25.6 Å². The molecule has 1 rings (SSSR count). The van der Waals surface area contributed by atoms with Crippen LogP contribution in [0.25, 0.3) is 0 Å². The van der Waals surface area contributed by atoms with Gasteiger partial charge < -0.3 is 5.32 Å². The molecule has 1 aliphatic rings. The zero-order valence-electron chi connectivity index (χ0n) is 11.3. The van der Waals surface area contributed by atoms with E-state index in [1.165, 1.54) is 6.26 Å². The van der Waals surface area contributed by atoms with E-state index in [0.29, 0.717) is 19.5 Å². The Bertz CT molecular complexity index is 380. The van der Waals surface area contributed by atoms with Crippen LogP contribution in [0, 0.1) is 5.92 Å². The second-order valence-corrected chi connectivity index (χ2v) is 8.63. The molecule has 0 spiro atoms. The zero-order valence-corrected chi connectivity index (χ0v) is 12.1. The van der Waals surface area contributed by atoms with Crippen molar-refractivity contribution in [2.45, 2.75) is 50.2 Å². The van der Waals surface area contributed by atoms with E-state index in [-0.39, 0.29) is 18.8 Å². The van der Waals surface area contributed by atoms with Crippen LogP contribution in [0.1, 0.15) is 39.5 Å². The van der Waals surface area contributed by atoms with Crippen LogP contribution in [-0.4, -0.2) is 38.4 Å². The highest BCUT2D eigenvalue weighted by Crippen LogP contribution is 2.36. The highest BCUT2D eigenvalue weighted by atomic mass is 32.2. The van der Waals surface area contributed by atoms with Gasteiger partial charge in [0.15, 0.2) is 9.84 Å². The quantitative estimate of drug-likeness (QED) is 0.841. The minimum atomic E-state index is -3.14. The maximum Gasteiger partial charge on any atom is 0.248 e. The number of rotatable bonds is 5. The lowest BCUT2D eigenvalue weighted by Crippen LogP contribution is -2.43. The average molecular weight is 283 g/mol. The topological polar surface area (TPSA) is 46.2 Å². The van der Waals surface area contributed by atoms with Gasteiger partial charge in [-0.05, 0) is 39.2 Å². The lowest BCUT2D eigenvalue weighted by Gasteiger charge is -2.30. The molecule has 0 aromatic carbocycles. The van der Waals surface area contributed by atoms with Crippen LogP contribution < -0.4 is 5.32 Å². The van der Waals surface area contributed by atoms with E-state index >= 15 is 0 Å². The summed E-state index contributed by atoms with van der Waals surface area (Å²) in [5.74, 6) is -2.60. The summed E-state index contributed by atoms with van der Waals surface area (Å²) in [7, 11) is -3.14. The van der Waals surface area contributed by atoms with Crippen molar-refractivity contribution in [1.82, 2.24) is 5.32 Å². The Hall–Kier alpha value is -0.230. The van der Waals surface area contributed by atoms with E-state index < -0.39 is 20.5 Å². The number of sulfone groups is 1. The Morgan fingerprint density at radius 2 is 2.00 bits per heavy atom. The molecule has 0 aliphatic heterocycles. The lowest BCUT2D eigenvalue weighted by molar-refractivity contribution is -0.0520. The summed E-state index contributed by atoms with van der Waals surface area (Å²) in [6.45, 7) is 4.05. The molecule has 0 amide bonds. The third-order valence-electron chi connectivity index (χ3n) is 3.73. The van der Waals surface area contributed by atoms with E-state index in [4.69, 9.17) is 0 Å². The number of hydrogen-bond donors (Lipinski definition) is 1. The highest BCUT2D eigenvalue weighted by molar-refractivity contribution is 7.92. The Kier molecular flexibility index (Phi) is 4.76. The summed E-state index contributed by atoms with van der Waals surface area (Å²) >= 11 is 0. The predicted octanol–water partition coefficient (Wildman–Crippen LogP) is 2.22. The molecule has 1 atom stereocenters. The number of nitrogens with one attached hydrogen (secondary N) is 1. The molecule has 1 saturated carbocycles. The summed E-state index contributed by atoms with van der Waals surface area (Å²) in [5, 5.41) is 3.03. The van der Waals surface area contributed by atoms with E-state index in [1.807, 2.05) is 0 Å². The second kappa shape index (κ2) is 5.41. The van der Waals surface area contributed by atoms with E-state index in [2.05, 4.69) is 5.32 Å². The first-order valence-electron chi connectivity index (χ1n) is 6.32. The van der Waals surface area contributed by atoms with Crippen LogP contribution in [0.15, 0.2) is 0 Å². The predicted molar refractivity (Wildman–Crippen MR) is 68.7 cm³/mol. The van der Waals surface area contributed by atoms with Crippen molar-refractivity contribution in [2.24, 2.45) is 5.92 Å². The van der Waals surface area contributed by atoms with Crippen LogP contribution >= 0.6 is 0 Å². The van der Waals surface area contributed by atoms with Crippen molar-refractivity contribution in [1.29, 1.82) is 0 Å². The molecule has 3 nitrogen and oxygen atoms in total. The Morgan fingerprint density at radius 3 is 2.50 bits per heavy atom. The minimum Gasteiger partial charge on any atom is -0.315 e. The lowest BCUT2D eigenvalue weighted by atomic mass is 9.86. The second-order valence-electron chi connectivity index (χ2n) is 5.98. The van der Waals surface area contributed by atoms with Gasteiger partial charge in [0.2, 0.25) is 5.92 Å². The molecule has 6 heteroatoms. The monoisotopic (exact) mass is 283 g/mol. The van der Waals surface area contributed by atoms with Crippen LogP contribution in [0.2, 0.25) is 0 Å². The summed E-state index contributed by atoms with van der Waals surface area (Å²) in [5.41, 5.74) is 0.